The Balaban J connectivity index is 1.77. The number of nitrogens with one attached hydrogen (secondary N) is 1. The van der Waals surface area contributed by atoms with Crippen molar-refractivity contribution in [1.82, 2.24) is 4.31 Å². The number of piperidine rings is 1. The van der Waals surface area contributed by atoms with Crippen LogP contribution in [0, 0.1) is 24.5 Å². The Morgan fingerprint density at radius 1 is 1.21 bits per heavy atom. The molecular formula is C20H22F2N2O4S. The zero-order chi connectivity index (χ0) is 21.2. The number of hydrogen-bond acceptors (Lipinski definition) is 4. The second-order valence-corrected chi connectivity index (χ2v) is 8.86. The number of benzene rings is 2. The molecule has 0 aromatic heterocycles. The van der Waals surface area contributed by atoms with Crippen molar-refractivity contribution in [2.24, 2.45) is 5.92 Å². The van der Waals surface area contributed by atoms with Crippen molar-refractivity contribution in [1.29, 1.82) is 0 Å². The van der Waals surface area contributed by atoms with Gasteiger partial charge in [-0.2, -0.15) is 4.31 Å². The van der Waals surface area contributed by atoms with E-state index in [2.05, 4.69) is 5.32 Å². The lowest BCUT2D eigenvalue weighted by atomic mass is 9.98. The number of amides is 1. The first-order valence-electron chi connectivity index (χ1n) is 9.13. The van der Waals surface area contributed by atoms with E-state index in [-0.39, 0.29) is 18.0 Å². The summed E-state index contributed by atoms with van der Waals surface area (Å²) in [6.07, 6.45) is 0.891. The normalized spacial score (nSPS) is 17.7. The maximum Gasteiger partial charge on any atom is 0.243 e. The van der Waals surface area contributed by atoms with Crippen LogP contribution in [0.5, 0.6) is 5.75 Å². The molecule has 1 heterocycles. The van der Waals surface area contributed by atoms with Crippen LogP contribution in [-0.4, -0.2) is 38.8 Å². The zero-order valence-electron chi connectivity index (χ0n) is 16.1. The Kier molecular flexibility index (Phi) is 6.18. The van der Waals surface area contributed by atoms with Gasteiger partial charge in [-0.25, -0.2) is 17.2 Å². The van der Waals surface area contributed by atoms with Crippen molar-refractivity contribution in [2.45, 2.75) is 24.7 Å². The van der Waals surface area contributed by atoms with E-state index >= 15 is 0 Å². The van der Waals surface area contributed by atoms with Gasteiger partial charge in [0.25, 0.3) is 0 Å². The number of hydrogen-bond donors (Lipinski definition) is 1. The predicted molar refractivity (Wildman–Crippen MR) is 104 cm³/mol. The third-order valence-corrected chi connectivity index (χ3v) is 6.83. The summed E-state index contributed by atoms with van der Waals surface area (Å²) < 4.78 is 60.0. The third-order valence-electron chi connectivity index (χ3n) is 4.97. The van der Waals surface area contributed by atoms with Crippen LogP contribution in [0.3, 0.4) is 0 Å². The van der Waals surface area contributed by atoms with Gasteiger partial charge in [0.15, 0.2) is 0 Å². The van der Waals surface area contributed by atoms with Gasteiger partial charge in [0.2, 0.25) is 15.9 Å². The van der Waals surface area contributed by atoms with Gasteiger partial charge >= 0.3 is 0 Å². The molecule has 1 N–H and O–H groups in total. The van der Waals surface area contributed by atoms with Gasteiger partial charge in [0.1, 0.15) is 23.1 Å². The first kappa shape index (κ1) is 21.2. The summed E-state index contributed by atoms with van der Waals surface area (Å²) in [5.41, 5.74) is 0.151. The Bertz CT molecular complexity index is 1010. The van der Waals surface area contributed by atoms with Gasteiger partial charge < -0.3 is 10.1 Å². The van der Waals surface area contributed by atoms with Gasteiger partial charge in [0, 0.05) is 13.1 Å². The molecule has 1 amide bonds. The van der Waals surface area contributed by atoms with E-state index in [0.717, 1.165) is 12.1 Å². The standard InChI is InChI=1S/C20H22F2N2O4S/c1-13-11-15(8-9-18(13)28-2)29(26,27)24-10-4-5-14(12-24)20(25)23-19-16(21)6-3-7-17(19)22/h3,6-9,11,14H,4-5,10,12H2,1-2H3,(H,23,25). The molecule has 1 saturated heterocycles. The topological polar surface area (TPSA) is 75.7 Å². The number of carbonyl (C=O) groups excluding carboxylic acids is 1. The molecule has 0 saturated carbocycles. The lowest BCUT2D eigenvalue weighted by Crippen LogP contribution is -2.43. The summed E-state index contributed by atoms with van der Waals surface area (Å²) in [6.45, 7) is 1.95. The van der Waals surface area contributed by atoms with Crippen LogP contribution in [0.2, 0.25) is 0 Å². The molecule has 2 aromatic rings. The first-order valence-corrected chi connectivity index (χ1v) is 10.6. The van der Waals surface area contributed by atoms with Crippen LogP contribution in [0.25, 0.3) is 0 Å². The summed E-state index contributed by atoms with van der Waals surface area (Å²) in [7, 11) is -2.31. The van der Waals surface area contributed by atoms with Crippen LogP contribution < -0.4 is 10.1 Å². The Labute approximate surface area is 168 Å². The number of ether oxygens (including phenoxy) is 1. The molecule has 1 aliphatic rings. The third kappa shape index (κ3) is 4.40. The van der Waals surface area contributed by atoms with Gasteiger partial charge in [-0.1, -0.05) is 6.07 Å². The van der Waals surface area contributed by atoms with Crippen molar-refractivity contribution in [2.75, 3.05) is 25.5 Å². The number of anilines is 1. The zero-order valence-corrected chi connectivity index (χ0v) is 16.9. The molecule has 0 bridgehead atoms. The fourth-order valence-corrected chi connectivity index (χ4v) is 4.99. The molecule has 29 heavy (non-hydrogen) atoms. The summed E-state index contributed by atoms with van der Waals surface area (Å²) in [4.78, 5) is 12.6. The highest BCUT2D eigenvalue weighted by Gasteiger charge is 2.34. The molecule has 1 unspecified atom stereocenters. The molecule has 1 atom stereocenters. The molecule has 9 heteroatoms. The monoisotopic (exact) mass is 424 g/mol. The van der Waals surface area contributed by atoms with E-state index in [9.17, 15) is 22.0 Å². The molecule has 3 rings (SSSR count). The number of carbonyl (C=O) groups is 1. The average Bonchev–Trinajstić information content (AvgIpc) is 2.70. The van der Waals surface area contributed by atoms with Gasteiger partial charge in [-0.3, -0.25) is 4.79 Å². The van der Waals surface area contributed by atoms with Crippen molar-refractivity contribution < 1.29 is 26.7 Å². The highest BCUT2D eigenvalue weighted by Crippen LogP contribution is 2.28. The Morgan fingerprint density at radius 3 is 2.52 bits per heavy atom. The van der Waals surface area contributed by atoms with Crippen LogP contribution in [0.1, 0.15) is 18.4 Å². The first-order chi connectivity index (χ1) is 13.7. The molecule has 6 nitrogen and oxygen atoms in total. The van der Waals surface area contributed by atoms with Crippen LogP contribution in [0.15, 0.2) is 41.3 Å². The lowest BCUT2D eigenvalue weighted by molar-refractivity contribution is -0.120. The molecule has 156 valence electrons. The fraction of sp³-hybridized carbons (Fsp3) is 0.350. The van der Waals surface area contributed by atoms with E-state index in [1.54, 1.807) is 13.0 Å². The van der Waals surface area contributed by atoms with Crippen molar-refractivity contribution in [3.63, 3.8) is 0 Å². The number of halogens is 2. The van der Waals surface area contributed by atoms with E-state index in [4.69, 9.17) is 4.74 Å². The minimum Gasteiger partial charge on any atom is -0.496 e. The van der Waals surface area contributed by atoms with Gasteiger partial charge in [0.05, 0.1) is 17.9 Å². The van der Waals surface area contributed by atoms with Crippen molar-refractivity contribution in [3.05, 3.63) is 53.6 Å². The Morgan fingerprint density at radius 2 is 1.90 bits per heavy atom. The van der Waals surface area contributed by atoms with E-state index in [1.807, 2.05) is 0 Å². The summed E-state index contributed by atoms with van der Waals surface area (Å²) in [5.74, 6) is -2.51. The van der Waals surface area contributed by atoms with Crippen LogP contribution in [-0.2, 0) is 14.8 Å². The highest BCUT2D eigenvalue weighted by atomic mass is 32.2. The molecule has 2 aromatic carbocycles. The lowest BCUT2D eigenvalue weighted by Gasteiger charge is -2.31. The smallest absolute Gasteiger partial charge is 0.243 e. The van der Waals surface area contributed by atoms with E-state index in [1.165, 1.54) is 29.6 Å². The number of para-hydroxylation sites is 1. The van der Waals surface area contributed by atoms with Gasteiger partial charge in [-0.15, -0.1) is 0 Å². The second kappa shape index (κ2) is 8.46. The quantitative estimate of drug-likeness (QED) is 0.799. The maximum absolute atomic E-state index is 13.8. The van der Waals surface area contributed by atoms with Crippen molar-refractivity contribution >= 4 is 21.6 Å². The summed E-state index contributed by atoms with van der Waals surface area (Å²) >= 11 is 0. The minimum absolute atomic E-state index is 0.0602. The number of methoxy groups -OCH3 is 1. The average molecular weight is 424 g/mol. The highest BCUT2D eigenvalue weighted by molar-refractivity contribution is 7.89. The number of rotatable bonds is 5. The van der Waals surface area contributed by atoms with Crippen LogP contribution in [0.4, 0.5) is 14.5 Å². The molecule has 1 aliphatic heterocycles. The summed E-state index contributed by atoms with van der Waals surface area (Å²) in [6, 6.07) is 7.85. The molecule has 1 fully saturated rings. The predicted octanol–water partition coefficient (Wildman–Crippen LogP) is 3.32. The van der Waals surface area contributed by atoms with Crippen LogP contribution >= 0.6 is 0 Å². The van der Waals surface area contributed by atoms with Gasteiger partial charge in [-0.05, 0) is 55.7 Å². The SMILES string of the molecule is COc1ccc(S(=O)(=O)N2CCCC(C(=O)Nc3c(F)cccc3F)C2)cc1C. The number of aryl methyl sites for hydroxylation is 1. The number of nitrogens with zero attached hydrogens (tertiary/aromatic N) is 1. The second-order valence-electron chi connectivity index (χ2n) is 6.92. The fourth-order valence-electron chi connectivity index (χ4n) is 3.38. The molecule has 0 aliphatic carbocycles. The molecule has 0 spiro atoms. The summed E-state index contributed by atoms with van der Waals surface area (Å²) in [5, 5.41) is 2.26. The molecular weight excluding hydrogens is 402 g/mol. The van der Waals surface area contributed by atoms with E-state index < -0.39 is 39.2 Å². The maximum atomic E-state index is 13.8. The van der Waals surface area contributed by atoms with E-state index in [0.29, 0.717) is 24.2 Å². The minimum atomic E-state index is -3.82. The number of sulfonamides is 1. The largest absolute Gasteiger partial charge is 0.496 e. The molecule has 0 radical (unpaired) electrons. The van der Waals surface area contributed by atoms with Crippen molar-refractivity contribution in [3.8, 4) is 5.75 Å². The Hall–Kier alpha value is -2.52.